The molecule has 1 saturated carbocycles. The molecule has 0 bridgehead atoms. The molecule has 1 aliphatic rings. The van der Waals surface area contributed by atoms with Gasteiger partial charge in [0, 0.05) is 16.2 Å². The highest BCUT2D eigenvalue weighted by Gasteiger charge is 2.24. The van der Waals surface area contributed by atoms with Gasteiger partial charge in [-0.15, -0.1) is 0 Å². The van der Waals surface area contributed by atoms with Crippen molar-refractivity contribution in [2.75, 3.05) is 18.5 Å². The first-order valence-electron chi connectivity index (χ1n) is 7.59. The van der Waals surface area contributed by atoms with E-state index in [1.807, 2.05) is 6.07 Å². The zero-order valence-electron chi connectivity index (χ0n) is 12.4. The van der Waals surface area contributed by atoms with E-state index in [9.17, 15) is 4.79 Å². The van der Waals surface area contributed by atoms with Crippen LogP contribution in [0.25, 0.3) is 0 Å². The number of halogens is 1. The number of rotatable bonds is 5. The molecule has 5 heteroatoms. The summed E-state index contributed by atoms with van der Waals surface area (Å²) >= 11 is 3.53. The lowest BCUT2D eigenvalue weighted by Crippen LogP contribution is -2.36. The Morgan fingerprint density at radius 2 is 2.19 bits per heavy atom. The van der Waals surface area contributed by atoms with Crippen LogP contribution < -0.4 is 11.1 Å². The van der Waals surface area contributed by atoms with Gasteiger partial charge in [-0.1, -0.05) is 12.8 Å². The maximum absolute atomic E-state index is 11.7. The number of esters is 1. The van der Waals surface area contributed by atoms with Crippen molar-refractivity contribution in [1.29, 1.82) is 0 Å². The van der Waals surface area contributed by atoms with E-state index in [2.05, 4.69) is 21.2 Å². The van der Waals surface area contributed by atoms with Crippen molar-refractivity contribution in [3.8, 4) is 0 Å². The van der Waals surface area contributed by atoms with E-state index < -0.39 is 0 Å². The van der Waals surface area contributed by atoms with Crippen molar-refractivity contribution in [2.45, 2.75) is 38.6 Å². The molecule has 4 nitrogen and oxygen atoms in total. The predicted molar refractivity (Wildman–Crippen MR) is 88.5 cm³/mol. The lowest BCUT2D eigenvalue weighted by Gasteiger charge is -2.32. The molecule has 1 aliphatic carbocycles. The number of carbonyl (C=O) groups is 1. The van der Waals surface area contributed by atoms with Gasteiger partial charge in [0.1, 0.15) is 0 Å². The Hall–Kier alpha value is -1.07. The Morgan fingerprint density at radius 1 is 1.43 bits per heavy atom. The maximum Gasteiger partial charge on any atom is 0.338 e. The number of carbonyl (C=O) groups excluding carboxylic acids is 1. The molecule has 21 heavy (non-hydrogen) atoms. The van der Waals surface area contributed by atoms with Crippen molar-refractivity contribution in [2.24, 2.45) is 11.7 Å². The SMILES string of the molecule is CCOC(=O)c1ccc(NC2CCCCC2CN)c(Br)c1. The van der Waals surface area contributed by atoms with Gasteiger partial charge < -0.3 is 15.8 Å². The Balaban J connectivity index is 2.08. The van der Waals surface area contributed by atoms with Crippen LogP contribution in [0.1, 0.15) is 43.0 Å². The molecule has 0 aromatic heterocycles. The first-order valence-corrected chi connectivity index (χ1v) is 8.38. The molecule has 116 valence electrons. The predicted octanol–water partition coefficient (Wildman–Crippen LogP) is 3.56. The van der Waals surface area contributed by atoms with Gasteiger partial charge in [0.15, 0.2) is 0 Å². The molecule has 0 heterocycles. The van der Waals surface area contributed by atoms with Gasteiger partial charge in [0.05, 0.1) is 12.2 Å². The van der Waals surface area contributed by atoms with Crippen LogP contribution in [0.5, 0.6) is 0 Å². The summed E-state index contributed by atoms with van der Waals surface area (Å²) in [6.07, 6.45) is 4.84. The van der Waals surface area contributed by atoms with E-state index in [0.29, 0.717) is 24.1 Å². The van der Waals surface area contributed by atoms with E-state index in [-0.39, 0.29) is 5.97 Å². The second-order valence-electron chi connectivity index (χ2n) is 5.45. The van der Waals surface area contributed by atoms with Crippen LogP contribution in [0.2, 0.25) is 0 Å². The van der Waals surface area contributed by atoms with Gasteiger partial charge in [-0.3, -0.25) is 0 Å². The number of ether oxygens (including phenoxy) is 1. The zero-order chi connectivity index (χ0) is 15.2. The Bertz CT molecular complexity index is 493. The molecule has 0 spiro atoms. The molecule has 3 N–H and O–H groups in total. The van der Waals surface area contributed by atoms with Crippen LogP contribution in [0, 0.1) is 5.92 Å². The van der Waals surface area contributed by atoms with Crippen LogP contribution >= 0.6 is 15.9 Å². The summed E-state index contributed by atoms with van der Waals surface area (Å²) in [7, 11) is 0. The van der Waals surface area contributed by atoms with Crippen LogP contribution in [-0.2, 0) is 4.74 Å². The van der Waals surface area contributed by atoms with Gasteiger partial charge in [-0.05, 0) is 66.4 Å². The van der Waals surface area contributed by atoms with Crippen molar-refractivity contribution < 1.29 is 9.53 Å². The monoisotopic (exact) mass is 354 g/mol. The van der Waals surface area contributed by atoms with Crippen molar-refractivity contribution >= 4 is 27.6 Å². The standard InChI is InChI=1S/C16H23BrN2O2/c1-2-21-16(20)11-7-8-15(13(17)9-11)19-14-6-4-3-5-12(14)10-18/h7-9,12,14,19H,2-6,10,18H2,1H3. The van der Waals surface area contributed by atoms with Crippen LogP contribution in [-0.4, -0.2) is 25.2 Å². The van der Waals surface area contributed by atoms with Gasteiger partial charge >= 0.3 is 5.97 Å². The fourth-order valence-corrected chi connectivity index (χ4v) is 3.35. The van der Waals surface area contributed by atoms with Gasteiger partial charge in [0.25, 0.3) is 0 Å². The van der Waals surface area contributed by atoms with Crippen LogP contribution in [0.4, 0.5) is 5.69 Å². The molecule has 0 radical (unpaired) electrons. The van der Waals surface area contributed by atoms with Gasteiger partial charge in [-0.2, -0.15) is 0 Å². The van der Waals surface area contributed by atoms with Crippen LogP contribution in [0.3, 0.4) is 0 Å². The molecular weight excluding hydrogens is 332 g/mol. The van der Waals surface area contributed by atoms with E-state index in [1.54, 1.807) is 19.1 Å². The summed E-state index contributed by atoms with van der Waals surface area (Å²) in [5.41, 5.74) is 7.44. The first-order chi connectivity index (χ1) is 10.2. The highest BCUT2D eigenvalue weighted by molar-refractivity contribution is 9.10. The quantitative estimate of drug-likeness (QED) is 0.793. The maximum atomic E-state index is 11.7. The fraction of sp³-hybridized carbons (Fsp3) is 0.562. The molecule has 0 amide bonds. The van der Waals surface area contributed by atoms with Crippen molar-refractivity contribution in [1.82, 2.24) is 0 Å². The fourth-order valence-electron chi connectivity index (χ4n) is 2.85. The largest absolute Gasteiger partial charge is 0.462 e. The van der Waals surface area contributed by atoms with Crippen molar-refractivity contribution in [3.63, 3.8) is 0 Å². The third-order valence-electron chi connectivity index (χ3n) is 4.03. The second kappa shape index (κ2) is 7.80. The van der Waals surface area contributed by atoms with Gasteiger partial charge in [-0.25, -0.2) is 4.79 Å². The van der Waals surface area contributed by atoms with E-state index in [0.717, 1.165) is 23.1 Å². The molecule has 0 saturated heterocycles. The summed E-state index contributed by atoms with van der Waals surface area (Å²) in [5, 5.41) is 3.57. The van der Waals surface area contributed by atoms with Crippen LogP contribution in [0.15, 0.2) is 22.7 Å². The third-order valence-corrected chi connectivity index (χ3v) is 4.69. The average molecular weight is 355 g/mol. The normalized spacial score (nSPS) is 21.9. The van der Waals surface area contributed by atoms with Crippen molar-refractivity contribution in [3.05, 3.63) is 28.2 Å². The molecule has 1 fully saturated rings. The molecule has 1 aromatic rings. The molecule has 1 aromatic carbocycles. The number of anilines is 1. The number of hydrogen-bond donors (Lipinski definition) is 2. The molecule has 2 atom stereocenters. The minimum absolute atomic E-state index is 0.290. The summed E-state index contributed by atoms with van der Waals surface area (Å²) in [6, 6.07) is 5.94. The Labute approximate surface area is 134 Å². The molecule has 0 aliphatic heterocycles. The minimum Gasteiger partial charge on any atom is -0.462 e. The summed E-state index contributed by atoms with van der Waals surface area (Å²) in [6.45, 7) is 2.91. The third kappa shape index (κ3) is 4.20. The van der Waals surface area contributed by atoms with E-state index in [1.165, 1.54) is 19.3 Å². The molecular formula is C16H23BrN2O2. The number of nitrogens with one attached hydrogen (secondary N) is 1. The second-order valence-corrected chi connectivity index (χ2v) is 6.30. The summed E-state index contributed by atoms with van der Waals surface area (Å²) < 4.78 is 5.89. The van der Waals surface area contributed by atoms with E-state index in [4.69, 9.17) is 10.5 Å². The molecule has 2 rings (SSSR count). The topological polar surface area (TPSA) is 64.3 Å². The summed E-state index contributed by atoms with van der Waals surface area (Å²) in [4.78, 5) is 11.7. The van der Waals surface area contributed by atoms with Gasteiger partial charge in [0.2, 0.25) is 0 Å². The molecule has 2 unspecified atom stereocenters. The smallest absolute Gasteiger partial charge is 0.338 e. The minimum atomic E-state index is -0.290. The first kappa shape index (κ1) is 16.3. The number of benzene rings is 1. The lowest BCUT2D eigenvalue weighted by molar-refractivity contribution is 0.0526. The Morgan fingerprint density at radius 3 is 2.86 bits per heavy atom. The average Bonchev–Trinajstić information content (AvgIpc) is 2.50. The highest BCUT2D eigenvalue weighted by Crippen LogP contribution is 2.30. The highest BCUT2D eigenvalue weighted by atomic mass is 79.9. The Kier molecular flexibility index (Phi) is 6.06. The van der Waals surface area contributed by atoms with E-state index >= 15 is 0 Å². The summed E-state index contributed by atoms with van der Waals surface area (Å²) in [5.74, 6) is 0.234. The lowest BCUT2D eigenvalue weighted by atomic mass is 9.84. The number of hydrogen-bond acceptors (Lipinski definition) is 4. The number of nitrogens with two attached hydrogens (primary N) is 1. The zero-order valence-corrected chi connectivity index (χ0v) is 14.0.